The molecule has 0 spiro atoms. The van der Waals surface area contributed by atoms with E-state index in [1.165, 1.54) is 6.08 Å². The molecule has 2 aliphatic rings. The molecule has 2 N–H and O–H groups in total. The molecule has 22 heavy (non-hydrogen) atoms. The van der Waals surface area contributed by atoms with Crippen LogP contribution in [0.2, 0.25) is 0 Å². The van der Waals surface area contributed by atoms with E-state index >= 15 is 0 Å². The Labute approximate surface area is 131 Å². The van der Waals surface area contributed by atoms with Gasteiger partial charge in [0, 0.05) is 30.9 Å². The molecule has 5 heteroatoms. The predicted octanol–water partition coefficient (Wildman–Crippen LogP) is 2.35. The number of aliphatic hydroxyl groups is 1. The molecule has 0 bridgehead atoms. The lowest BCUT2D eigenvalue weighted by molar-refractivity contribution is -0.118. The maximum absolute atomic E-state index is 12.1. The molecule has 122 valence electrons. The molecule has 0 fully saturated rings. The van der Waals surface area contributed by atoms with Crippen molar-refractivity contribution in [3.63, 3.8) is 0 Å². The van der Waals surface area contributed by atoms with Crippen LogP contribution in [0.3, 0.4) is 0 Å². The topological polar surface area (TPSA) is 75.6 Å². The molecule has 5 nitrogen and oxygen atoms in total. The summed E-state index contributed by atoms with van der Waals surface area (Å²) in [4.78, 5) is 23.3. The van der Waals surface area contributed by atoms with E-state index in [4.69, 9.17) is 4.74 Å². The second-order valence-corrected chi connectivity index (χ2v) is 6.70. The van der Waals surface area contributed by atoms with E-state index in [9.17, 15) is 14.7 Å². The molecule has 0 aromatic heterocycles. The molecule has 1 amide bonds. The van der Waals surface area contributed by atoms with Gasteiger partial charge in [0.15, 0.2) is 11.5 Å². The smallest absolute Gasteiger partial charge is 0.247 e. The molecular formula is C17H25NO4. The second-order valence-electron chi connectivity index (χ2n) is 6.70. The molecule has 0 aromatic rings. The molecule has 2 rings (SSSR count). The Bertz CT molecular complexity index is 533. The average Bonchev–Trinajstić information content (AvgIpc) is 2.71. The van der Waals surface area contributed by atoms with E-state index in [1.54, 1.807) is 0 Å². The molecule has 3 atom stereocenters. The Balaban J connectivity index is 1.99. The van der Waals surface area contributed by atoms with Gasteiger partial charge in [0.2, 0.25) is 5.91 Å². The van der Waals surface area contributed by atoms with Gasteiger partial charge in [0.1, 0.15) is 5.76 Å². The first kappa shape index (κ1) is 16.6. The summed E-state index contributed by atoms with van der Waals surface area (Å²) in [5.74, 6) is 0.894. The number of ketones is 1. The van der Waals surface area contributed by atoms with Crippen LogP contribution in [0.1, 0.15) is 34.1 Å². The van der Waals surface area contributed by atoms with Crippen LogP contribution < -0.4 is 5.32 Å². The van der Waals surface area contributed by atoms with E-state index in [2.05, 4.69) is 19.2 Å². The van der Waals surface area contributed by atoms with Gasteiger partial charge in [-0.1, -0.05) is 20.8 Å². The normalized spacial score (nSPS) is 27.0. The maximum Gasteiger partial charge on any atom is 0.247 e. The third-order valence-corrected chi connectivity index (χ3v) is 4.71. The van der Waals surface area contributed by atoms with E-state index in [0.717, 1.165) is 5.57 Å². The average molecular weight is 307 g/mol. The monoisotopic (exact) mass is 307 g/mol. The SMILES string of the molecule is CC1=C(OCC(C)C2CNC(=O)C=C2O)C(=O)CC1C(C)C. The Morgan fingerprint density at radius 2 is 2.00 bits per heavy atom. The lowest BCUT2D eigenvalue weighted by Crippen LogP contribution is -2.38. The summed E-state index contributed by atoms with van der Waals surface area (Å²) in [6.07, 6.45) is 1.74. The molecule has 1 aliphatic heterocycles. The molecule has 3 unspecified atom stereocenters. The van der Waals surface area contributed by atoms with Crippen molar-refractivity contribution in [2.45, 2.75) is 34.1 Å². The summed E-state index contributed by atoms with van der Waals surface area (Å²) in [5, 5.41) is 12.6. The van der Waals surface area contributed by atoms with Crippen LogP contribution in [0.4, 0.5) is 0 Å². The first-order chi connectivity index (χ1) is 10.3. The highest BCUT2D eigenvalue weighted by Crippen LogP contribution is 2.35. The lowest BCUT2D eigenvalue weighted by atomic mass is 9.90. The van der Waals surface area contributed by atoms with Crippen molar-refractivity contribution in [2.24, 2.45) is 23.7 Å². The summed E-state index contributed by atoms with van der Waals surface area (Å²) in [7, 11) is 0. The Morgan fingerprint density at radius 3 is 2.55 bits per heavy atom. The summed E-state index contributed by atoms with van der Waals surface area (Å²) in [6, 6.07) is 0. The zero-order valence-corrected chi connectivity index (χ0v) is 13.7. The molecule has 0 saturated heterocycles. The van der Waals surface area contributed by atoms with Gasteiger partial charge in [0.05, 0.1) is 6.61 Å². The minimum Gasteiger partial charge on any atom is -0.512 e. The second kappa shape index (κ2) is 6.55. The number of allylic oxidation sites excluding steroid dienone is 2. The van der Waals surface area contributed by atoms with E-state index in [1.807, 2.05) is 13.8 Å². The summed E-state index contributed by atoms with van der Waals surface area (Å²) < 4.78 is 5.78. The van der Waals surface area contributed by atoms with Gasteiger partial charge in [0.25, 0.3) is 0 Å². The molecular weight excluding hydrogens is 282 g/mol. The van der Waals surface area contributed by atoms with Gasteiger partial charge in [-0.25, -0.2) is 0 Å². The van der Waals surface area contributed by atoms with E-state index < -0.39 is 0 Å². The number of carbonyl (C=O) groups excluding carboxylic acids is 2. The molecule has 0 radical (unpaired) electrons. The van der Waals surface area contributed by atoms with Crippen molar-refractivity contribution in [2.75, 3.05) is 13.2 Å². The van der Waals surface area contributed by atoms with Crippen LogP contribution in [-0.2, 0) is 14.3 Å². The highest BCUT2D eigenvalue weighted by molar-refractivity contribution is 5.97. The number of hydrogen-bond acceptors (Lipinski definition) is 4. The first-order valence-electron chi connectivity index (χ1n) is 7.86. The minimum atomic E-state index is -0.272. The fourth-order valence-electron chi connectivity index (χ4n) is 3.19. The summed E-state index contributed by atoms with van der Waals surface area (Å²) >= 11 is 0. The zero-order chi connectivity index (χ0) is 16.4. The van der Waals surface area contributed by atoms with Crippen LogP contribution in [0, 0.1) is 23.7 Å². The number of nitrogens with one attached hydrogen (secondary N) is 1. The number of aliphatic hydroxyl groups excluding tert-OH is 1. The van der Waals surface area contributed by atoms with Crippen LogP contribution >= 0.6 is 0 Å². The van der Waals surface area contributed by atoms with Crippen molar-refractivity contribution in [1.29, 1.82) is 0 Å². The maximum atomic E-state index is 12.1. The van der Waals surface area contributed by atoms with Crippen LogP contribution in [-0.4, -0.2) is 29.9 Å². The minimum absolute atomic E-state index is 0.00282. The van der Waals surface area contributed by atoms with Crippen LogP contribution in [0.15, 0.2) is 23.2 Å². The van der Waals surface area contributed by atoms with Gasteiger partial charge >= 0.3 is 0 Å². The molecule has 0 saturated carbocycles. The van der Waals surface area contributed by atoms with Crippen molar-refractivity contribution in [3.05, 3.63) is 23.2 Å². The molecule has 1 aliphatic carbocycles. The highest BCUT2D eigenvalue weighted by Gasteiger charge is 2.34. The van der Waals surface area contributed by atoms with E-state index in [-0.39, 0.29) is 35.2 Å². The van der Waals surface area contributed by atoms with Crippen molar-refractivity contribution < 1.29 is 19.4 Å². The predicted molar refractivity (Wildman–Crippen MR) is 83.0 cm³/mol. The lowest BCUT2D eigenvalue weighted by Gasteiger charge is -2.26. The number of amides is 1. The number of Topliss-reactive ketones (excluding diaryl/α,β-unsaturated/α-hetero) is 1. The fourth-order valence-corrected chi connectivity index (χ4v) is 3.19. The Hall–Kier alpha value is -1.78. The first-order valence-corrected chi connectivity index (χ1v) is 7.86. The van der Waals surface area contributed by atoms with Crippen molar-refractivity contribution >= 4 is 11.7 Å². The third-order valence-electron chi connectivity index (χ3n) is 4.71. The number of hydrogen-bond donors (Lipinski definition) is 2. The number of rotatable bonds is 5. The van der Waals surface area contributed by atoms with Crippen molar-refractivity contribution in [1.82, 2.24) is 5.32 Å². The van der Waals surface area contributed by atoms with Crippen molar-refractivity contribution in [3.8, 4) is 0 Å². The van der Waals surface area contributed by atoms with Gasteiger partial charge in [-0.05, 0) is 24.3 Å². The quantitative estimate of drug-likeness (QED) is 0.817. The number of carbonyl (C=O) groups is 2. The molecule has 0 aromatic carbocycles. The Kier molecular flexibility index (Phi) is 4.94. The third kappa shape index (κ3) is 3.34. The van der Waals surface area contributed by atoms with Crippen LogP contribution in [0.25, 0.3) is 0 Å². The standard InChI is InChI=1S/C17H25NO4/c1-9(2)12-5-15(20)17(11(12)4)22-8-10(3)13-7-18-16(21)6-14(13)19/h6,9-10,12-13,19H,5,7-8H2,1-4H3,(H,18,21). The van der Waals surface area contributed by atoms with Gasteiger partial charge < -0.3 is 15.2 Å². The Morgan fingerprint density at radius 1 is 1.32 bits per heavy atom. The van der Waals surface area contributed by atoms with Gasteiger partial charge in [-0.15, -0.1) is 0 Å². The zero-order valence-electron chi connectivity index (χ0n) is 13.7. The fraction of sp³-hybridized carbons (Fsp3) is 0.647. The van der Waals surface area contributed by atoms with Gasteiger partial charge in [-0.3, -0.25) is 9.59 Å². The molecule has 1 heterocycles. The van der Waals surface area contributed by atoms with E-state index in [0.29, 0.717) is 31.2 Å². The largest absolute Gasteiger partial charge is 0.512 e. The van der Waals surface area contributed by atoms with Gasteiger partial charge in [-0.2, -0.15) is 0 Å². The van der Waals surface area contributed by atoms with Crippen LogP contribution in [0.5, 0.6) is 0 Å². The highest BCUT2D eigenvalue weighted by atomic mass is 16.5. The summed E-state index contributed by atoms with van der Waals surface area (Å²) in [6.45, 7) is 8.88. The number of ether oxygens (including phenoxy) is 1. The summed E-state index contributed by atoms with van der Waals surface area (Å²) in [5.41, 5.74) is 1.03.